The average molecular weight is 270 g/mol. The predicted molar refractivity (Wildman–Crippen MR) is 63.5 cm³/mol. The van der Waals surface area contributed by atoms with Gasteiger partial charge in [0.15, 0.2) is 5.82 Å². The van der Waals surface area contributed by atoms with Crippen LogP contribution in [0.5, 0.6) is 0 Å². The van der Waals surface area contributed by atoms with Gasteiger partial charge in [0.05, 0.1) is 18.8 Å². The molecule has 3 aliphatic heterocycles. The number of aliphatic imine (C=N–C) groups is 1. The van der Waals surface area contributed by atoms with E-state index in [1.165, 1.54) is 5.70 Å². The second kappa shape index (κ2) is 3.83. The van der Waals surface area contributed by atoms with Crippen molar-refractivity contribution < 1.29 is 5.48 Å². The lowest BCUT2D eigenvalue weighted by Crippen LogP contribution is -2.42. The molecule has 1 atom stereocenters. The molecule has 1 unspecified atom stereocenters. The van der Waals surface area contributed by atoms with E-state index in [1.807, 2.05) is 6.21 Å². The first kappa shape index (κ1) is 10.4. The zero-order valence-electron chi connectivity index (χ0n) is 8.10. The van der Waals surface area contributed by atoms with Crippen LogP contribution < -0.4 is 0 Å². The Kier molecular flexibility index (Phi) is 2.67. The maximum absolute atomic E-state index is 4.42. The number of halogens is 1. The number of rotatable bonds is 0. The summed E-state index contributed by atoms with van der Waals surface area (Å²) < 4.78 is 0. The van der Waals surface area contributed by atoms with Gasteiger partial charge in [-0.25, -0.2) is 4.99 Å². The molecule has 5 heteroatoms. The van der Waals surface area contributed by atoms with Crippen molar-refractivity contribution in [1.82, 2.24) is 9.80 Å². The minimum Gasteiger partial charge on any atom is -0.412 e. The van der Waals surface area contributed by atoms with Gasteiger partial charge in [0.2, 0.25) is 0 Å². The molecule has 0 spiro atoms. The summed E-state index contributed by atoms with van der Waals surface area (Å²) in [5, 5.41) is 0. The van der Waals surface area contributed by atoms with E-state index in [0.717, 1.165) is 18.9 Å². The topological polar surface area (TPSA) is 50.3 Å². The molecule has 0 bridgehead atoms. The molecule has 0 aromatic carbocycles. The van der Waals surface area contributed by atoms with Crippen LogP contribution in [0.1, 0.15) is 0 Å². The molecular weight excluding hydrogens is 258 g/mol. The SMILES string of the molecule is BrC1CN2C=CC=CC2=C2N=CCN21.O. The van der Waals surface area contributed by atoms with Gasteiger partial charge in [-0.3, -0.25) is 0 Å². The maximum Gasteiger partial charge on any atom is 0.153 e. The first-order chi connectivity index (χ1) is 6.86. The highest BCUT2D eigenvalue weighted by Gasteiger charge is 2.31. The van der Waals surface area contributed by atoms with E-state index in [0.29, 0.717) is 4.95 Å². The third kappa shape index (κ3) is 1.52. The quantitative estimate of drug-likeness (QED) is 0.483. The van der Waals surface area contributed by atoms with Crippen molar-refractivity contribution in [1.29, 1.82) is 0 Å². The van der Waals surface area contributed by atoms with Gasteiger partial charge in [-0.15, -0.1) is 0 Å². The summed E-state index contributed by atoms with van der Waals surface area (Å²) in [7, 11) is 0. The van der Waals surface area contributed by atoms with E-state index in [9.17, 15) is 0 Å². The molecule has 0 fully saturated rings. The minimum absolute atomic E-state index is 0. The van der Waals surface area contributed by atoms with Gasteiger partial charge in [-0.2, -0.15) is 0 Å². The van der Waals surface area contributed by atoms with Gasteiger partial charge in [0, 0.05) is 12.4 Å². The summed E-state index contributed by atoms with van der Waals surface area (Å²) in [5.41, 5.74) is 1.21. The molecule has 3 heterocycles. The van der Waals surface area contributed by atoms with Crippen LogP contribution in [0.2, 0.25) is 0 Å². The Morgan fingerprint density at radius 2 is 2.27 bits per heavy atom. The molecule has 0 amide bonds. The van der Waals surface area contributed by atoms with Crippen LogP contribution in [-0.2, 0) is 0 Å². The zero-order chi connectivity index (χ0) is 9.54. The highest BCUT2D eigenvalue weighted by atomic mass is 79.9. The van der Waals surface area contributed by atoms with Crippen LogP contribution in [-0.4, -0.2) is 39.5 Å². The monoisotopic (exact) mass is 269 g/mol. The number of hydrogen-bond acceptors (Lipinski definition) is 3. The molecule has 80 valence electrons. The number of fused-ring (bicyclic) bond motifs is 2. The lowest BCUT2D eigenvalue weighted by atomic mass is 10.2. The van der Waals surface area contributed by atoms with E-state index < -0.39 is 0 Å². The van der Waals surface area contributed by atoms with Crippen LogP contribution in [0.4, 0.5) is 0 Å². The normalized spacial score (nSPS) is 26.6. The molecular formula is C10H12BrN3O. The van der Waals surface area contributed by atoms with Gasteiger partial charge in [-0.05, 0) is 12.2 Å². The van der Waals surface area contributed by atoms with Crippen LogP contribution in [0.3, 0.4) is 0 Å². The van der Waals surface area contributed by atoms with Crippen molar-refractivity contribution in [3.05, 3.63) is 35.9 Å². The fourth-order valence-corrected chi connectivity index (χ4v) is 2.61. The Hall–Kier alpha value is -1.07. The van der Waals surface area contributed by atoms with Crippen LogP contribution in [0.25, 0.3) is 0 Å². The maximum atomic E-state index is 4.42. The summed E-state index contributed by atoms with van der Waals surface area (Å²) in [4.78, 5) is 9.28. The lowest BCUT2D eigenvalue weighted by Gasteiger charge is -2.38. The van der Waals surface area contributed by atoms with Gasteiger partial charge >= 0.3 is 0 Å². The number of alkyl halides is 1. The highest BCUT2D eigenvalue weighted by Crippen LogP contribution is 2.31. The standard InChI is InChI=1S/C10H10BrN3.H2O/c11-9-7-13-5-2-1-3-8(13)10-12-4-6-14(9)10;/h1-5,9H,6-7H2;1H2. The van der Waals surface area contributed by atoms with Crippen LogP contribution in [0, 0.1) is 0 Å². The molecule has 0 saturated heterocycles. The van der Waals surface area contributed by atoms with Crippen molar-refractivity contribution in [3.8, 4) is 0 Å². The smallest absolute Gasteiger partial charge is 0.153 e. The van der Waals surface area contributed by atoms with E-state index >= 15 is 0 Å². The Bertz CT molecular complexity index is 386. The minimum atomic E-state index is 0. The van der Waals surface area contributed by atoms with Gasteiger partial charge in [-0.1, -0.05) is 22.0 Å². The Morgan fingerprint density at radius 1 is 1.40 bits per heavy atom. The number of hydrogen-bond donors (Lipinski definition) is 0. The van der Waals surface area contributed by atoms with Crippen molar-refractivity contribution in [2.24, 2.45) is 4.99 Å². The summed E-state index contributed by atoms with van der Waals surface area (Å²) in [6, 6.07) is 0. The molecule has 0 radical (unpaired) electrons. The van der Waals surface area contributed by atoms with E-state index in [4.69, 9.17) is 0 Å². The number of nitrogens with zero attached hydrogens (tertiary/aromatic N) is 3. The van der Waals surface area contributed by atoms with Crippen molar-refractivity contribution in [3.63, 3.8) is 0 Å². The largest absolute Gasteiger partial charge is 0.412 e. The first-order valence-electron chi connectivity index (χ1n) is 4.65. The number of allylic oxidation sites excluding steroid dienone is 3. The predicted octanol–water partition coefficient (Wildman–Crippen LogP) is 0.837. The third-order valence-corrected chi connectivity index (χ3v) is 3.40. The zero-order valence-corrected chi connectivity index (χ0v) is 9.68. The first-order valence-corrected chi connectivity index (χ1v) is 5.57. The Balaban J connectivity index is 0.000000853. The van der Waals surface area contributed by atoms with Crippen LogP contribution >= 0.6 is 15.9 Å². The molecule has 2 N–H and O–H groups in total. The van der Waals surface area contributed by atoms with Gasteiger partial charge in [0.1, 0.15) is 4.95 Å². The fraction of sp³-hybridized carbons (Fsp3) is 0.300. The molecule has 15 heavy (non-hydrogen) atoms. The fourth-order valence-electron chi connectivity index (χ4n) is 1.94. The van der Waals surface area contributed by atoms with Gasteiger partial charge in [0.25, 0.3) is 0 Å². The molecule has 3 aliphatic rings. The van der Waals surface area contributed by atoms with Gasteiger partial charge < -0.3 is 15.3 Å². The molecule has 0 aromatic heterocycles. The Labute approximate surface area is 96.7 Å². The summed E-state index contributed by atoms with van der Waals surface area (Å²) in [6.45, 7) is 1.89. The van der Waals surface area contributed by atoms with E-state index in [-0.39, 0.29) is 5.48 Å². The molecule has 3 rings (SSSR count). The molecule has 0 aromatic rings. The molecule has 0 aliphatic carbocycles. The summed E-state index contributed by atoms with van der Waals surface area (Å²) >= 11 is 3.67. The highest BCUT2D eigenvalue weighted by molar-refractivity contribution is 9.09. The van der Waals surface area contributed by atoms with Crippen molar-refractivity contribution in [2.75, 3.05) is 13.1 Å². The second-order valence-corrected chi connectivity index (χ2v) is 4.52. The van der Waals surface area contributed by atoms with E-state index in [2.05, 4.69) is 55.2 Å². The summed E-state index contributed by atoms with van der Waals surface area (Å²) in [5.74, 6) is 1.08. The molecule has 4 nitrogen and oxygen atoms in total. The Morgan fingerprint density at radius 3 is 3.13 bits per heavy atom. The van der Waals surface area contributed by atoms with E-state index in [1.54, 1.807) is 0 Å². The molecule has 0 saturated carbocycles. The summed E-state index contributed by atoms with van der Waals surface area (Å²) in [6.07, 6.45) is 10.3. The third-order valence-electron chi connectivity index (χ3n) is 2.62. The van der Waals surface area contributed by atoms with Crippen molar-refractivity contribution >= 4 is 22.1 Å². The average Bonchev–Trinajstić information content (AvgIpc) is 2.67. The lowest BCUT2D eigenvalue weighted by molar-refractivity contribution is 0.277. The second-order valence-electron chi connectivity index (χ2n) is 3.46. The van der Waals surface area contributed by atoms with Crippen molar-refractivity contribution in [2.45, 2.75) is 4.95 Å². The van der Waals surface area contributed by atoms with Crippen LogP contribution in [0.15, 0.2) is 40.9 Å².